The smallest absolute Gasteiger partial charge is 0.110 e. The second-order valence-corrected chi connectivity index (χ2v) is 6.22. The van der Waals surface area contributed by atoms with Crippen LogP contribution in [0.4, 0.5) is 0 Å². The lowest BCUT2D eigenvalue weighted by molar-refractivity contribution is -0.0817. The number of hydrogen-bond donors (Lipinski definition) is 5. The quantitative estimate of drug-likeness (QED) is 0.394. The van der Waals surface area contributed by atoms with Crippen molar-refractivity contribution in [3.8, 4) is 0 Å². The third-order valence-corrected chi connectivity index (χ3v) is 5.53. The number of thioether (sulfide) groups is 2. The van der Waals surface area contributed by atoms with Gasteiger partial charge in [0, 0.05) is 11.5 Å². The predicted octanol–water partition coefficient (Wildman–Crippen LogP) is -1.81. The maximum Gasteiger partial charge on any atom is 0.110 e. The summed E-state index contributed by atoms with van der Waals surface area (Å²) in [7, 11) is 0. The van der Waals surface area contributed by atoms with Crippen molar-refractivity contribution in [3.05, 3.63) is 0 Å². The molecule has 90 valence electrons. The third kappa shape index (κ3) is 3.48. The molecule has 1 heterocycles. The Balaban J connectivity index is 2.46. The molecular formula is C8H17NO4S2. The van der Waals surface area contributed by atoms with Gasteiger partial charge in [0.25, 0.3) is 0 Å². The Bertz CT molecular complexity index is 191. The summed E-state index contributed by atoms with van der Waals surface area (Å²) in [6, 6.07) is -0.598. The first-order valence-electron chi connectivity index (χ1n) is 4.71. The molecule has 1 saturated heterocycles. The number of aliphatic hydroxyl groups excluding tert-OH is 4. The van der Waals surface area contributed by atoms with E-state index in [1.54, 1.807) is 23.5 Å². The first-order chi connectivity index (χ1) is 7.07. The fourth-order valence-electron chi connectivity index (χ4n) is 1.32. The van der Waals surface area contributed by atoms with Gasteiger partial charge < -0.3 is 26.2 Å². The summed E-state index contributed by atoms with van der Waals surface area (Å²) in [6.07, 6.45) is -3.95. The molecule has 1 aliphatic rings. The van der Waals surface area contributed by atoms with Gasteiger partial charge in [0.1, 0.15) is 12.2 Å². The molecule has 0 aromatic rings. The van der Waals surface area contributed by atoms with Gasteiger partial charge in [-0.25, -0.2) is 0 Å². The van der Waals surface area contributed by atoms with E-state index < -0.39 is 31.0 Å². The van der Waals surface area contributed by atoms with Crippen LogP contribution in [0.2, 0.25) is 0 Å². The zero-order valence-corrected chi connectivity index (χ0v) is 9.82. The van der Waals surface area contributed by atoms with Crippen LogP contribution in [0, 0.1) is 0 Å². The highest BCUT2D eigenvalue weighted by Crippen LogP contribution is 2.35. The van der Waals surface area contributed by atoms with Crippen LogP contribution in [0.15, 0.2) is 0 Å². The van der Waals surface area contributed by atoms with Crippen molar-refractivity contribution in [2.45, 2.75) is 28.9 Å². The van der Waals surface area contributed by atoms with Gasteiger partial charge in [0.05, 0.1) is 23.3 Å². The number of aliphatic hydroxyl groups is 4. The molecule has 0 aromatic carbocycles. The van der Waals surface area contributed by atoms with Gasteiger partial charge in [-0.15, -0.1) is 23.5 Å². The highest BCUT2D eigenvalue weighted by molar-refractivity contribution is 8.20. The van der Waals surface area contributed by atoms with Gasteiger partial charge in [-0.3, -0.25) is 0 Å². The van der Waals surface area contributed by atoms with E-state index in [0.29, 0.717) is 0 Å². The van der Waals surface area contributed by atoms with Crippen molar-refractivity contribution < 1.29 is 20.4 Å². The minimum atomic E-state index is -1.40. The molecule has 0 saturated carbocycles. The average molecular weight is 255 g/mol. The number of nitrogens with two attached hydrogens (primary N) is 1. The third-order valence-electron chi connectivity index (χ3n) is 2.29. The van der Waals surface area contributed by atoms with Gasteiger partial charge in [-0.2, -0.15) is 0 Å². The molecule has 0 aromatic heterocycles. The maximum absolute atomic E-state index is 9.68. The zero-order chi connectivity index (χ0) is 11.4. The number of rotatable bonds is 5. The van der Waals surface area contributed by atoms with Crippen molar-refractivity contribution >= 4 is 23.5 Å². The molecule has 1 fully saturated rings. The van der Waals surface area contributed by atoms with Gasteiger partial charge in [-0.1, -0.05) is 0 Å². The Labute approximate surface area is 97.1 Å². The number of hydrogen-bond acceptors (Lipinski definition) is 7. The molecule has 0 amide bonds. The molecule has 6 N–H and O–H groups in total. The molecule has 15 heavy (non-hydrogen) atoms. The normalized spacial score (nSPS) is 26.2. The Morgan fingerprint density at radius 3 is 2.13 bits per heavy atom. The van der Waals surface area contributed by atoms with Crippen LogP contribution in [0.1, 0.15) is 0 Å². The highest BCUT2D eigenvalue weighted by Gasteiger charge is 2.35. The van der Waals surface area contributed by atoms with E-state index in [1.165, 1.54) is 0 Å². The molecule has 0 aliphatic carbocycles. The van der Waals surface area contributed by atoms with Gasteiger partial charge in [0.2, 0.25) is 0 Å². The molecule has 0 spiro atoms. The van der Waals surface area contributed by atoms with E-state index in [-0.39, 0.29) is 4.58 Å². The topological polar surface area (TPSA) is 107 Å². The van der Waals surface area contributed by atoms with Crippen LogP contribution in [0.5, 0.6) is 0 Å². The van der Waals surface area contributed by atoms with Crippen molar-refractivity contribution in [2.24, 2.45) is 5.73 Å². The molecule has 1 rings (SSSR count). The minimum absolute atomic E-state index is 0.0422. The summed E-state index contributed by atoms with van der Waals surface area (Å²) in [5, 5.41) is 36.9. The molecule has 0 unspecified atom stereocenters. The summed E-state index contributed by atoms with van der Waals surface area (Å²) >= 11 is 3.28. The first kappa shape index (κ1) is 13.6. The van der Waals surface area contributed by atoms with Gasteiger partial charge >= 0.3 is 0 Å². The van der Waals surface area contributed by atoms with Crippen molar-refractivity contribution in [3.63, 3.8) is 0 Å². The Hall–Kier alpha value is 0.500. The largest absolute Gasteiger partial charge is 0.394 e. The van der Waals surface area contributed by atoms with E-state index in [1.807, 2.05) is 0 Å². The Morgan fingerprint density at radius 2 is 1.67 bits per heavy atom. The lowest BCUT2D eigenvalue weighted by Gasteiger charge is -2.29. The lowest BCUT2D eigenvalue weighted by Crippen LogP contribution is -2.52. The van der Waals surface area contributed by atoms with E-state index in [9.17, 15) is 10.2 Å². The second-order valence-electron chi connectivity index (χ2n) is 3.42. The van der Waals surface area contributed by atoms with E-state index in [0.717, 1.165) is 11.5 Å². The second kappa shape index (κ2) is 6.29. The molecule has 5 nitrogen and oxygen atoms in total. The summed E-state index contributed by atoms with van der Waals surface area (Å²) < 4.78 is 0.0422. The van der Waals surface area contributed by atoms with Gasteiger partial charge in [0.15, 0.2) is 0 Å². The van der Waals surface area contributed by atoms with Crippen LogP contribution < -0.4 is 5.73 Å². The fourth-order valence-corrected chi connectivity index (χ4v) is 4.29. The van der Waals surface area contributed by atoms with Gasteiger partial charge in [-0.05, 0) is 0 Å². The van der Waals surface area contributed by atoms with Crippen LogP contribution >= 0.6 is 23.5 Å². The van der Waals surface area contributed by atoms with Crippen molar-refractivity contribution in [1.29, 1.82) is 0 Å². The standard InChI is InChI=1S/C8H17NO4S2/c9-5(8-14-1-2-15-8)7(13)6(12)4(11)3-10/h4-8,10-13H,1-3,9H2/t4-,5-,6-,7-/m1/s1. The highest BCUT2D eigenvalue weighted by atomic mass is 32.2. The zero-order valence-electron chi connectivity index (χ0n) is 8.19. The summed E-state index contributed by atoms with van der Waals surface area (Å²) in [6.45, 7) is -0.587. The van der Waals surface area contributed by atoms with E-state index in [2.05, 4.69) is 0 Å². The lowest BCUT2D eigenvalue weighted by atomic mass is 10.0. The fraction of sp³-hybridized carbons (Fsp3) is 1.00. The molecule has 4 atom stereocenters. The molecular weight excluding hydrogens is 238 g/mol. The Morgan fingerprint density at radius 1 is 1.13 bits per heavy atom. The predicted molar refractivity (Wildman–Crippen MR) is 61.8 cm³/mol. The molecule has 7 heteroatoms. The van der Waals surface area contributed by atoms with E-state index >= 15 is 0 Å². The monoisotopic (exact) mass is 255 g/mol. The van der Waals surface area contributed by atoms with Crippen LogP contribution in [0.3, 0.4) is 0 Å². The van der Waals surface area contributed by atoms with Crippen molar-refractivity contribution in [2.75, 3.05) is 18.1 Å². The molecule has 0 bridgehead atoms. The summed E-state index contributed by atoms with van der Waals surface area (Å²) in [4.78, 5) is 0. The Kier molecular flexibility index (Phi) is 5.69. The van der Waals surface area contributed by atoms with Crippen molar-refractivity contribution in [1.82, 2.24) is 0 Å². The first-order valence-corrected chi connectivity index (χ1v) is 6.81. The van der Waals surface area contributed by atoms with Crippen LogP contribution in [-0.2, 0) is 0 Å². The van der Waals surface area contributed by atoms with E-state index in [4.69, 9.17) is 15.9 Å². The average Bonchev–Trinajstić information content (AvgIpc) is 2.78. The molecule has 0 radical (unpaired) electrons. The summed E-state index contributed by atoms with van der Waals surface area (Å²) in [5.74, 6) is 1.96. The molecule has 1 aliphatic heterocycles. The SMILES string of the molecule is N[C@@H](C1SCCS1)[C@@H](O)[C@H](O)[C@H](O)CO. The van der Waals surface area contributed by atoms with Crippen LogP contribution in [0.25, 0.3) is 0 Å². The van der Waals surface area contributed by atoms with Crippen LogP contribution in [-0.4, -0.2) is 67.5 Å². The maximum atomic E-state index is 9.68. The summed E-state index contributed by atoms with van der Waals surface area (Å²) in [5.41, 5.74) is 5.77. The minimum Gasteiger partial charge on any atom is -0.394 e.